The fourth-order valence-electron chi connectivity index (χ4n) is 2.34. The predicted molar refractivity (Wildman–Crippen MR) is 90.0 cm³/mol. The van der Waals surface area contributed by atoms with Gasteiger partial charge in [-0.05, 0) is 12.8 Å². The van der Waals surface area contributed by atoms with Gasteiger partial charge in [0.25, 0.3) is 0 Å². The smallest absolute Gasteiger partial charge is 0.805 e. The maximum absolute atomic E-state index is 11.8. The van der Waals surface area contributed by atoms with Crippen LogP contribution in [0.2, 0.25) is 0 Å². The van der Waals surface area contributed by atoms with E-state index in [1.807, 2.05) is 0 Å². The number of hydrogen-bond acceptors (Lipinski definition) is 8. The van der Waals surface area contributed by atoms with Crippen LogP contribution in [0.4, 0.5) is 0 Å². The molecule has 0 saturated carbocycles. The Morgan fingerprint density at radius 1 is 0.667 bits per heavy atom. The number of rotatable bonds is 16. The maximum atomic E-state index is 11.8. The number of unbranched alkanes of at least 4 members (excludes halogenated alkanes) is 8. The molecule has 0 aromatic carbocycles. The third kappa shape index (κ3) is 16.1. The first-order valence-corrected chi connectivity index (χ1v) is 11.6. The summed E-state index contributed by atoms with van der Waals surface area (Å²) in [5.74, 6) is 0. The van der Waals surface area contributed by atoms with Crippen molar-refractivity contribution in [2.24, 2.45) is 0 Å². The molecule has 0 aliphatic carbocycles. The molecule has 12 heteroatoms. The zero-order valence-corrected chi connectivity index (χ0v) is 22.7. The van der Waals surface area contributed by atoms with Crippen molar-refractivity contribution in [1.82, 2.24) is 0 Å². The zero-order valence-electron chi connectivity index (χ0n) is 16.9. The molecule has 0 aliphatic rings. The molecule has 0 N–H and O–H groups in total. The van der Waals surface area contributed by atoms with Gasteiger partial charge in [0.1, 0.15) is 0 Å². The van der Waals surface area contributed by atoms with Crippen molar-refractivity contribution >= 4 is 26.2 Å². The molecule has 0 fully saturated rings. The summed E-state index contributed by atoms with van der Waals surface area (Å²) in [7, 11) is -6.25. The van der Waals surface area contributed by atoms with Crippen LogP contribution in [0.1, 0.15) is 70.6 Å². The molecule has 0 heterocycles. The summed E-state index contributed by atoms with van der Waals surface area (Å²) >= 11 is 0. The van der Waals surface area contributed by atoms with Gasteiger partial charge in [-0.25, -0.2) is 0 Å². The molecule has 0 aliphatic heterocycles. The normalized spacial score (nSPS) is 11.4. The van der Waals surface area contributed by atoms with Crippen LogP contribution in [0.5, 0.6) is 0 Å². The summed E-state index contributed by atoms with van der Waals surface area (Å²) in [6.07, 6.45) is 7.48. The minimum atomic E-state index is -5.05. The van der Waals surface area contributed by atoms with Gasteiger partial charge in [-0.3, -0.25) is 14.2 Å². The van der Waals surface area contributed by atoms with Crippen molar-refractivity contribution in [2.75, 3.05) is 14.2 Å². The molecule has 0 unspecified atom stereocenters. The van der Waals surface area contributed by atoms with E-state index in [0.717, 1.165) is 44.9 Å². The molecule has 0 bridgehead atoms. The van der Waals surface area contributed by atoms with Crippen molar-refractivity contribution < 1.29 is 96.7 Å². The van der Waals surface area contributed by atoms with Crippen LogP contribution >= 0.6 is 15.2 Å². The Balaban J connectivity index is -0.00000288. The number of carbonyl (C=O) groups excluding carboxylic acids is 2. The van der Waals surface area contributed by atoms with E-state index >= 15 is 0 Å². The van der Waals surface area contributed by atoms with Crippen LogP contribution < -0.4 is 68.9 Å². The Kier molecular flexibility index (Phi) is 22.7. The van der Waals surface area contributed by atoms with E-state index in [4.69, 9.17) is 0 Å². The summed E-state index contributed by atoms with van der Waals surface area (Å²) in [6.45, 7) is 0. The van der Waals surface area contributed by atoms with Crippen molar-refractivity contribution in [1.29, 1.82) is 0 Å². The average Bonchev–Trinajstić information content (AvgIpc) is 2.57. The predicted octanol–water partition coefficient (Wildman–Crippen LogP) is -3.26. The Morgan fingerprint density at radius 3 is 1.26 bits per heavy atom. The van der Waals surface area contributed by atoms with Crippen molar-refractivity contribution in [3.63, 3.8) is 0 Å². The van der Waals surface area contributed by atoms with E-state index in [-0.39, 0.29) is 72.0 Å². The molecule has 0 aromatic rings. The Labute approximate surface area is 206 Å². The topological polar surface area (TPSA) is 133 Å². The number of carbonyl (C=O) groups is 2. The molecule has 0 rings (SSSR count). The molecular formula is C15H28Na2O8P2. The van der Waals surface area contributed by atoms with Crippen LogP contribution in [0.25, 0.3) is 0 Å². The third-order valence-corrected chi connectivity index (χ3v) is 6.50. The summed E-state index contributed by atoms with van der Waals surface area (Å²) in [6, 6.07) is 0. The molecule has 0 atom stereocenters. The summed E-state index contributed by atoms with van der Waals surface area (Å²) in [5, 5.41) is 0. The van der Waals surface area contributed by atoms with Crippen molar-refractivity contribution in [3.05, 3.63) is 0 Å². The van der Waals surface area contributed by atoms with Gasteiger partial charge in [-0.2, -0.15) is 0 Å². The van der Waals surface area contributed by atoms with Crippen molar-refractivity contribution in [2.45, 2.75) is 70.6 Å². The van der Waals surface area contributed by atoms with Gasteiger partial charge in [0.05, 0.1) is 0 Å². The summed E-state index contributed by atoms with van der Waals surface area (Å²) in [4.78, 5) is 43.4. The molecule has 0 aromatic heterocycles. The van der Waals surface area contributed by atoms with E-state index in [9.17, 15) is 28.5 Å². The first-order chi connectivity index (χ1) is 11.7. The molecular weight excluding hydrogens is 416 g/mol. The van der Waals surface area contributed by atoms with Crippen LogP contribution in [-0.4, -0.2) is 25.3 Å². The molecule has 8 nitrogen and oxygen atoms in total. The fraction of sp³-hybridized carbons (Fsp3) is 0.867. The van der Waals surface area contributed by atoms with Crippen molar-refractivity contribution in [3.8, 4) is 0 Å². The zero-order chi connectivity index (χ0) is 19.3. The first kappa shape index (κ1) is 33.3. The molecule has 27 heavy (non-hydrogen) atoms. The quantitative estimate of drug-likeness (QED) is 0.138. The van der Waals surface area contributed by atoms with Gasteiger partial charge in [-0.1, -0.05) is 44.9 Å². The molecule has 0 saturated heterocycles. The van der Waals surface area contributed by atoms with E-state index in [2.05, 4.69) is 9.05 Å². The maximum Gasteiger partial charge on any atom is 1.00 e. The second kappa shape index (κ2) is 18.4. The SMILES string of the molecule is COP(=O)(OC)C(=O)CCCCCCCCCCCC(=O)P(=O)([O-])[O-].[Na+].[Na+]. The van der Waals surface area contributed by atoms with E-state index in [1.165, 1.54) is 14.2 Å². The Hall–Kier alpha value is 1.64. The van der Waals surface area contributed by atoms with Gasteiger partial charge in [-0.15, -0.1) is 0 Å². The van der Waals surface area contributed by atoms with Crippen LogP contribution in [-0.2, 0) is 27.8 Å². The van der Waals surface area contributed by atoms with Gasteiger partial charge < -0.3 is 23.4 Å². The van der Waals surface area contributed by atoms with Crippen LogP contribution in [0.15, 0.2) is 0 Å². The van der Waals surface area contributed by atoms with Gasteiger partial charge >= 0.3 is 66.7 Å². The van der Waals surface area contributed by atoms with Crippen LogP contribution in [0.3, 0.4) is 0 Å². The largest absolute Gasteiger partial charge is 1.00 e. The number of hydrogen-bond donors (Lipinski definition) is 0. The van der Waals surface area contributed by atoms with E-state index in [0.29, 0.717) is 12.8 Å². The van der Waals surface area contributed by atoms with Gasteiger partial charge in [0.2, 0.25) is 5.52 Å². The molecule has 0 radical (unpaired) electrons. The van der Waals surface area contributed by atoms with Gasteiger partial charge in [0.15, 0.2) is 5.52 Å². The minimum Gasteiger partial charge on any atom is -0.805 e. The summed E-state index contributed by atoms with van der Waals surface area (Å²) in [5.41, 5.74) is -1.69. The Morgan fingerprint density at radius 2 is 0.963 bits per heavy atom. The first-order valence-electron chi connectivity index (χ1n) is 8.47. The minimum absolute atomic E-state index is 0. The standard InChI is InChI=1S/C15H30O8P2.2Na/c1-22-25(21,23-2)15(17)13-11-9-7-5-3-4-6-8-10-12-14(16)24(18,19)20;;/h3-13H2,1-2H3,(H2,18,19,20);;/q;2*+1/p-2. The second-order valence-electron chi connectivity index (χ2n) is 5.83. The Bertz CT molecular complexity index is 502. The molecule has 0 spiro atoms. The monoisotopic (exact) mass is 444 g/mol. The van der Waals surface area contributed by atoms with E-state index in [1.54, 1.807) is 0 Å². The van der Waals surface area contributed by atoms with Crippen LogP contribution in [0, 0.1) is 0 Å². The fourth-order valence-corrected chi connectivity index (χ4v) is 3.76. The summed E-state index contributed by atoms with van der Waals surface area (Å²) < 4.78 is 31.5. The van der Waals surface area contributed by atoms with E-state index < -0.39 is 26.2 Å². The van der Waals surface area contributed by atoms with Gasteiger partial charge in [0, 0.05) is 34.7 Å². The third-order valence-electron chi connectivity index (χ3n) is 3.87. The second-order valence-corrected chi connectivity index (χ2v) is 9.55. The molecule has 0 amide bonds. The average molecular weight is 444 g/mol. The molecule has 148 valence electrons.